The van der Waals surface area contributed by atoms with Gasteiger partial charge in [0.25, 0.3) is 0 Å². The Bertz CT molecular complexity index is 300. The number of carbonyl (C=O) groups excluding carboxylic acids is 1. The Morgan fingerprint density at radius 2 is 1.12 bits per heavy atom. The van der Waals surface area contributed by atoms with Crippen LogP contribution in [-0.4, -0.2) is 30.8 Å². The molecule has 1 aliphatic rings. The van der Waals surface area contributed by atoms with Gasteiger partial charge in [0.1, 0.15) is 0 Å². The minimum Gasteiger partial charge on any atom is -0.289 e. The molecule has 0 heterocycles. The van der Waals surface area contributed by atoms with Gasteiger partial charge in [-0.05, 0) is 37.9 Å². The van der Waals surface area contributed by atoms with E-state index in [1.165, 1.54) is 8.47 Å². The van der Waals surface area contributed by atoms with Crippen molar-refractivity contribution in [1.29, 1.82) is 0 Å². The van der Waals surface area contributed by atoms with Crippen molar-refractivity contribution in [1.82, 2.24) is 0 Å². The highest BCUT2D eigenvalue weighted by molar-refractivity contribution is 8.22. The van der Waals surface area contributed by atoms with Gasteiger partial charge in [-0.15, -0.1) is 47.0 Å². The lowest BCUT2D eigenvalue weighted by Gasteiger charge is -2.05. The van der Waals surface area contributed by atoms with Crippen molar-refractivity contribution in [3.63, 3.8) is 0 Å². The number of hydrogen-bond acceptors (Lipinski definition) is 5. The SMILES string of the molecule is CSC(SC)=C1CCC(=C(SC)SC)C1=O. The van der Waals surface area contributed by atoms with Crippen molar-refractivity contribution in [2.75, 3.05) is 25.0 Å². The fourth-order valence-corrected chi connectivity index (χ4v) is 4.81. The molecule has 0 atom stereocenters. The average Bonchev–Trinajstić information content (AvgIpc) is 2.66. The van der Waals surface area contributed by atoms with Crippen LogP contribution >= 0.6 is 47.0 Å². The molecule has 0 spiro atoms. The number of ketones is 1. The van der Waals surface area contributed by atoms with Gasteiger partial charge in [-0.1, -0.05) is 0 Å². The van der Waals surface area contributed by atoms with Gasteiger partial charge >= 0.3 is 0 Å². The molecule has 1 fully saturated rings. The highest BCUT2D eigenvalue weighted by Gasteiger charge is 2.28. The normalized spacial score (nSPS) is 15.9. The standard InChI is InChI=1S/C11H16OS4/c1-13-10(14-2)7-5-6-8(9(7)12)11(15-3)16-4/h5-6H2,1-4H3. The smallest absolute Gasteiger partial charge is 0.188 e. The van der Waals surface area contributed by atoms with E-state index >= 15 is 0 Å². The molecule has 0 amide bonds. The minimum atomic E-state index is 0.275. The molecule has 0 aromatic carbocycles. The zero-order valence-electron chi connectivity index (χ0n) is 9.96. The minimum absolute atomic E-state index is 0.275. The van der Waals surface area contributed by atoms with E-state index in [9.17, 15) is 4.79 Å². The van der Waals surface area contributed by atoms with Crippen molar-refractivity contribution in [2.45, 2.75) is 12.8 Å². The molecule has 0 saturated heterocycles. The Hall–Kier alpha value is 0.550. The second kappa shape index (κ2) is 7.09. The summed E-state index contributed by atoms with van der Waals surface area (Å²) >= 11 is 6.74. The van der Waals surface area contributed by atoms with Crippen LogP contribution in [0.15, 0.2) is 19.6 Å². The maximum absolute atomic E-state index is 12.3. The van der Waals surface area contributed by atoms with Gasteiger partial charge in [-0.2, -0.15) is 0 Å². The molecule has 0 aromatic heterocycles. The summed E-state index contributed by atoms with van der Waals surface area (Å²) in [6.45, 7) is 0. The van der Waals surface area contributed by atoms with Gasteiger partial charge in [0.05, 0.1) is 0 Å². The summed E-state index contributed by atoms with van der Waals surface area (Å²) in [7, 11) is 0. The van der Waals surface area contributed by atoms with Crippen LogP contribution in [0.5, 0.6) is 0 Å². The molecule has 0 radical (unpaired) electrons. The van der Waals surface area contributed by atoms with E-state index in [1.54, 1.807) is 47.0 Å². The molecule has 5 heteroatoms. The number of thioether (sulfide) groups is 4. The monoisotopic (exact) mass is 292 g/mol. The molecule has 16 heavy (non-hydrogen) atoms. The molecule has 0 bridgehead atoms. The molecule has 0 N–H and O–H groups in total. The first-order valence-electron chi connectivity index (χ1n) is 4.86. The third-order valence-electron chi connectivity index (χ3n) is 2.41. The Balaban J connectivity index is 3.07. The molecule has 1 aliphatic carbocycles. The first kappa shape index (κ1) is 14.6. The van der Waals surface area contributed by atoms with E-state index in [1.807, 2.05) is 25.0 Å². The summed E-state index contributed by atoms with van der Waals surface area (Å²) in [6, 6.07) is 0. The topological polar surface area (TPSA) is 17.1 Å². The maximum atomic E-state index is 12.3. The quantitative estimate of drug-likeness (QED) is 0.719. The number of rotatable bonds is 4. The van der Waals surface area contributed by atoms with Crippen LogP contribution in [0.1, 0.15) is 12.8 Å². The largest absolute Gasteiger partial charge is 0.289 e. The second-order valence-electron chi connectivity index (χ2n) is 3.18. The summed E-state index contributed by atoms with van der Waals surface area (Å²) in [5, 5.41) is 0. The third kappa shape index (κ3) is 3.06. The van der Waals surface area contributed by atoms with E-state index in [2.05, 4.69) is 0 Å². The van der Waals surface area contributed by atoms with Crippen molar-refractivity contribution >= 4 is 52.8 Å². The van der Waals surface area contributed by atoms with Crippen molar-refractivity contribution in [3.05, 3.63) is 19.6 Å². The predicted molar refractivity (Wildman–Crippen MR) is 82.4 cm³/mol. The molecular formula is C11H16OS4. The Kier molecular flexibility index (Phi) is 6.47. The lowest BCUT2D eigenvalue weighted by molar-refractivity contribution is -0.111. The van der Waals surface area contributed by atoms with Crippen LogP contribution < -0.4 is 0 Å². The van der Waals surface area contributed by atoms with Gasteiger partial charge in [-0.3, -0.25) is 4.79 Å². The fourth-order valence-electron chi connectivity index (χ4n) is 1.71. The summed E-state index contributed by atoms with van der Waals surface area (Å²) in [5.74, 6) is 0.275. The van der Waals surface area contributed by atoms with Crippen LogP contribution in [0.4, 0.5) is 0 Å². The molecule has 0 unspecified atom stereocenters. The summed E-state index contributed by atoms with van der Waals surface area (Å²) in [5.41, 5.74) is 2.05. The first-order chi connectivity index (χ1) is 7.69. The Morgan fingerprint density at radius 3 is 1.38 bits per heavy atom. The maximum Gasteiger partial charge on any atom is 0.188 e. The predicted octanol–water partition coefficient (Wildman–Crippen LogP) is 4.22. The van der Waals surface area contributed by atoms with E-state index < -0.39 is 0 Å². The van der Waals surface area contributed by atoms with Gasteiger partial charge < -0.3 is 0 Å². The molecule has 1 rings (SSSR count). The third-order valence-corrected chi connectivity index (χ3v) is 6.88. The number of carbonyl (C=O) groups is 1. The fraction of sp³-hybridized carbons (Fsp3) is 0.545. The van der Waals surface area contributed by atoms with E-state index in [0.717, 1.165) is 24.0 Å². The van der Waals surface area contributed by atoms with Crippen LogP contribution in [0.3, 0.4) is 0 Å². The van der Waals surface area contributed by atoms with E-state index in [-0.39, 0.29) is 5.78 Å². The van der Waals surface area contributed by atoms with Crippen LogP contribution in [0.25, 0.3) is 0 Å². The molecular weight excluding hydrogens is 276 g/mol. The van der Waals surface area contributed by atoms with E-state index in [0.29, 0.717) is 0 Å². The highest BCUT2D eigenvalue weighted by Crippen LogP contribution is 2.41. The summed E-state index contributed by atoms with van der Waals surface area (Å²) in [6.07, 6.45) is 9.98. The zero-order valence-corrected chi connectivity index (χ0v) is 13.2. The number of Topliss-reactive ketones (excluding diaryl/α,β-unsaturated/α-hetero) is 1. The van der Waals surface area contributed by atoms with E-state index in [4.69, 9.17) is 0 Å². The van der Waals surface area contributed by atoms with Gasteiger partial charge in [-0.25, -0.2) is 0 Å². The Labute approximate surface area is 115 Å². The van der Waals surface area contributed by atoms with Crippen molar-refractivity contribution < 1.29 is 4.79 Å². The van der Waals surface area contributed by atoms with Gasteiger partial charge in [0.15, 0.2) is 5.78 Å². The number of hydrogen-bond donors (Lipinski definition) is 0. The molecule has 1 saturated carbocycles. The Morgan fingerprint density at radius 1 is 0.812 bits per heavy atom. The average molecular weight is 293 g/mol. The highest BCUT2D eigenvalue weighted by atomic mass is 32.2. The molecule has 1 nitrogen and oxygen atoms in total. The lowest BCUT2D eigenvalue weighted by atomic mass is 10.2. The van der Waals surface area contributed by atoms with Crippen LogP contribution in [0.2, 0.25) is 0 Å². The lowest BCUT2D eigenvalue weighted by Crippen LogP contribution is -1.98. The summed E-state index contributed by atoms with van der Waals surface area (Å²) < 4.78 is 2.36. The number of allylic oxidation sites excluding steroid dienone is 2. The molecule has 0 aromatic rings. The first-order valence-corrected chi connectivity index (χ1v) is 9.76. The van der Waals surface area contributed by atoms with Crippen LogP contribution in [0, 0.1) is 0 Å². The second-order valence-corrected chi connectivity index (χ2v) is 6.96. The molecule has 90 valence electrons. The zero-order chi connectivity index (χ0) is 12.1. The molecule has 0 aliphatic heterocycles. The van der Waals surface area contributed by atoms with Gasteiger partial charge in [0, 0.05) is 19.6 Å². The van der Waals surface area contributed by atoms with Crippen molar-refractivity contribution in [3.8, 4) is 0 Å². The summed E-state index contributed by atoms with van der Waals surface area (Å²) in [4.78, 5) is 12.3. The van der Waals surface area contributed by atoms with Crippen molar-refractivity contribution in [2.24, 2.45) is 0 Å². The van der Waals surface area contributed by atoms with Gasteiger partial charge in [0.2, 0.25) is 0 Å². The van der Waals surface area contributed by atoms with Crippen LogP contribution in [-0.2, 0) is 4.79 Å².